The van der Waals surface area contributed by atoms with Crippen LogP contribution in [0.2, 0.25) is 0 Å². The Morgan fingerprint density at radius 3 is 2.38 bits per heavy atom. The predicted octanol–water partition coefficient (Wildman–Crippen LogP) is 1.60. The van der Waals surface area contributed by atoms with Crippen LogP contribution in [0.4, 0.5) is 4.79 Å². The van der Waals surface area contributed by atoms with E-state index in [-0.39, 0.29) is 0 Å². The van der Waals surface area contributed by atoms with Crippen molar-refractivity contribution in [1.82, 2.24) is 0 Å². The minimum absolute atomic E-state index is 0.400. The van der Waals surface area contributed by atoms with E-state index in [1.807, 2.05) is 0 Å². The number of hydrogen-bond donors (Lipinski definition) is 1. The fraction of sp³-hybridized carbons (Fsp3) is 0.400. The molecule has 0 unspecified atom stereocenters. The lowest BCUT2D eigenvalue weighted by atomic mass is 10.5. The molecule has 0 aliphatic heterocycles. The van der Waals surface area contributed by atoms with Crippen LogP contribution >= 0.6 is 0 Å². The average Bonchev–Trinajstić information content (AvgIpc) is 1.65. The molecule has 0 heterocycles. The molecule has 0 aliphatic rings. The Labute approximate surface area is 47.6 Å². The van der Waals surface area contributed by atoms with Crippen LogP contribution < -0.4 is 0 Å². The summed E-state index contributed by atoms with van der Waals surface area (Å²) in [6.45, 7) is 3.28. The summed E-state index contributed by atoms with van der Waals surface area (Å²) < 4.78 is 4.18. The van der Waals surface area contributed by atoms with E-state index in [2.05, 4.69) is 4.74 Å². The molecular weight excluding hydrogens is 108 g/mol. The molecular formula is C5H8O3. The van der Waals surface area contributed by atoms with Gasteiger partial charge in [-0.2, -0.15) is 0 Å². The van der Waals surface area contributed by atoms with Crippen molar-refractivity contribution in [3.63, 3.8) is 0 Å². The van der Waals surface area contributed by atoms with Gasteiger partial charge in [0.2, 0.25) is 0 Å². The molecule has 1 N–H and O–H groups in total. The minimum Gasteiger partial charge on any atom is -0.449 e. The van der Waals surface area contributed by atoms with E-state index in [0.29, 0.717) is 5.76 Å². The van der Waals surface area contributed by atoms with E-state index in [1.165, 1.54) is 0 Å². The van der Waals surface area contributed by atoms with Gasteiger partial charge in [0.05, 0.1) is 0 Å². The summed E-state index contributed by atoms with van der Waals surface area (Å²) in [5, 5.41) is 7.95. The molecule has 0 aliphatic carbocycles. The second-order valence-electron chi connectivity index (χ2n) is 1.27. The first-order valence-corrected chi connectivity index (χ1v) is 2.20. The Hall–Kier alpha value is -0.990. The maximum absolute atomic E-state index is 9.71. The van der Waals surface area contributed by atoms with Gasteiger partial charge in [-0.1, -0.05) is 0 Å². The zero-order valence-electron chi connectivity index (χ0n) is 4.84. The summed E-state index contributed by atoms with van der Waals surface area (Å²) in [4.78, 5) is 9.71. The highest BCUT2D eigenvalue weighted by atomic mass is 16.7. The third-order valence-electron chi connectivity index (χ3n) is 0.655. The first kappa shape index (κ1) is 7.01. The summed E-state index contributed by atoms with van der Waals surface area (Å²) in [5.41, 5.74) is 0. The van der Waals surface area contributed by atoms with E-state index in [1.54, 1.807) is 19.9 Å². The lowest BCUT2D eigenvalue weighted by molar-refractivity contribution is 0.119. The van der Waals surface area contributed by atoms with Crippen molar-refractivity contribution in [1.29, 1.82) is 0 Å². The minimum atomic E-state index is -1.26. The molecule has 0 spiro atoms. The molecule has 0 aromatic carbocycles. The van der Waals surface area contributed by atoms with Gasteiger partial charge in [0.1, 0.15) is 5.76 Å². The van der Waals surface area contributed by atoms with E-state index in [4.69, 9.17) is 5.11 Å². The summed E-state index contributed by atoms with van der Waals surface area (Å²) >= 11 is 0. The van der Waals surface area contributed by atoms with E-state index in [9.17, 15) is 4.79 Å². The van der Waals surface area contributed by atoms with Crippen LogP contribution in [0.5, 0.6) is 0 Å². The van der Waals surface area contributed by atoms with Gasteiger partial charge in [0.15, 0.2) is 0 Å². The zero-order chi connectivity index (χ0) is 6.57. The maximum Gasteiger partial charge on any atom is 0.510 e. The fourth-order valence-corrected chi connectivity index (χ4v) is 0.197. The average molecular weight is 116 g/mol. The monoisotopic (exact) mass is 116 g/mol. The molecule has 3 heteroatoms. The van der Waals surface area contributed by atoms with Gasteiger partial charge in [0.25, 0.3) is 0 Å². The lowest BCUT2D eigenvalue weighted by Crippen LogP contribution is -1.96. The molecule has 0 aromatic heterocycles. The van der Waals surface area contributed by atoms with Gasteiger partial charge in [0, 0.05) is 0 Å². The molecule has 0 fully saturated rings. The van der Waals surface area contributed by atoms with Crippen LogP contribution in [0, 0.1) is 0 Å². The summed E-state index contributed by atoms with van der Waals surface area (Å²) in [6.07, 6.45) is 0.314. The van der Waals surface area contributed by atoms with Crippen molar-refractivity contribution >= 4 is 6.16 Å². The first-order chi connectivity index (χ1) is 3.66. The Kier molecular flexibility index (Phi) is 2.69. The number of rotatable bonds is 1. The van der Waals surface area contributed by atoms with Crippen LogP contribution in [-0.4, -0.2) is 11.3 Å². The summed E-state index contributed by atoms with van der Waals surface area (Å²) in [7, 11) is 0. The Balaban J connectivity index is 3.56. The SMILES string of the molecule is CC=C(C)OC(=O)O. The molecule has 0 aromatic rings. The van der Waals surface area contributed by atoms with Crippen molar-refractivity contribution in [2.24, 2.45) is 0 Å². The fourth-order valence-electron chi connectivity index (χ4n) is 0.197. The number of ether oxygens (including phenoxy) is 1. The predicted molar refractivity (Wildman–Crippen MR) is 28.5 cm³/mol. The molecule has 0 atom stereocenters. The van der Waals surface area contributed by atoms with E-state index < -0.39 is 6.16 Å². The van der Waals surface area contributed by atoms with Crippen LogP contribution in [0.25, 0.3) is 0 Å². The Bertz CT molecular complexity index is 115. The number of allylic oxidation sites excluding steroid dienone is 2. The first-order valence-electron chi connectivity index (χ1n) is 2.20. The van der Waals surface area contributed by atoms with Gasteiger partial charge in [-0.05, 0) is 19.9 Å². The van der Waals surface area contributed by atoms with Crippen molar-refractivity contribution in [3.8, 4) is 0 Å². The molecule has 0 bridgehead atoms. The Morgan fingerprint density at radius 2 is 2.25 bits per heavy atom. The molecule has 3 nitrogen and oxygen atoms in total. The highest BCUT2D eigenvalue weighted by Gasteiger charge is 1.94. The van der Waals surface area contributed by atoms with Crippen molar-refractivity contribution in [2.75, 3.05) is 0 Å². The van der Waals surface area contributed by atoms with Crippen LogP contribution in [0.3, 0.4) is 0 Å². The van der Waals surface area contributed by atoms with Gasteiger partial charge >= 0.3 is 6.16 Å². The Morgan fingerprint density at radius 1 is 1.75 bits per heavy atom. The second kappa shape index (κ2) is 3.07. The van der Waals surface area contributed by atoms with Crippen molar-refractivity contribution < 1.29 is 14.6 Å². The van der Waals surface area contributed by atoms with Crippen molar-refractivity contribution in [3.05, 3.63) is 11.8 Å². The van der Waals surface area contributed by atoms with E-state index >= 15 is 0 Å². The molecule has 46 valence electrons. The van der Waals surface area contributed by atoms with Gasteiger partial charge in [-0.25, -0.2) is 4.79 Å². The number of hydrogen-bond acceptors (Lipinski definition) is 2. The molecule has 0 saturated carbocycles. The number of carboxylic acid groups (broad SMARTS) is 1. The maximum atomic E-state index is 9.71. The highest BCUT2D eigenvalue weighted by molar-refractivity contribution is 5.58. The molecule has 0 saturated heterocycles. The molecule has 8 heavy (non-hydrogen) atoms. The normalized spacial score (nSPS) is 11.0. The quantitative estimate of drug-likeness (QED) is 0.418. The van der Waals surface area contributed by atoms with Crippen molar-refractivity contribution in [2.45, 2.75) is 13.8 Å². The highest BCUT2D eigenvalue weighted by Crippen LogP contribution is 1.92. The molecule has 0 rings (SSSR count). The van der Waals surface area contributed by atoms with Crippen LogP contribution in [-0.2, 0) is 4.74 Å². The smallest absolute Gasteiger partial charge is 0.449 e. The third kappa shape index (κ3) is 3.21. The van der Waals surface area contributed by atoms with Gasteiger partial charge in [-0.15, -0.1) is 0 Å². The zero-order valence-corrected chi connectivity index (χ0v) is 4.84. The van der Waals surface area contributed by atoms with E-state index in [0.717, 1.165) is 0 Å². The second-order valence-corrected chi connectivity index (χ2v) is 1.27. The summed E-state index contributed by atoms with van der Waals surface area (Å²) in [6, 6.07) is 0. The third-order valence-corrected chi connectivity index (χ3v) is 0.655. The van der Waals surface area contributed by atoms with Crippen LogP contribution in [0.1, 0.15) is 13.8 Å². The van der Waals surface area contributed by atoms with Crippen LogP contribution in [0.15, 0.2) is 11.8 Å². The largest absolute Gasteiger partial charge is 0.510 e. The molecule has 0 amide bonds. The lowest BCUT2D eigenvalue weighted by Gasteiger charge is -1.94. The molecule has 0 radical (unpaired) electrons. The summed E-state index contributed by atoms with van der Waals surface area (Å²) in [5.74, 6) is 0.400. The number of carbonyl (C=O) groups is 1. The van der Waals surface area contributed by atoms with Gasteiger partial charge in [-0.3, -0.25) is 0 Å². The topological polar surface area (TPSA) is 46.5 Å². The van der Waals surface area contributed by atoms with Gasteiger partial charge < -0.3 is 9.84 Å². The standard InChI is InChI=1S/C5H8O3/c1-3-4(2)8-5(6)7/h3H,1-2H3,(H,6,7).